The summed E-state index contributed by atoms with van der Waals surface area (Å²) in [5.41, 5.74) is 3.09. The monoisotopic (exact) mass is 364 g/mol. The van der Waals surface area contributed by atoms with Crippen molar-refractivity contribution in [2.24, 2.45) is 0 Å². The van der Waals surface area contributed by atoms with Crippen LogP contribution in [0.3, 0.4) is 0 Å². The number of aryl methyl sites for hydroxylation is 1. The van der Waals surface area contributed by atoms with Crippen LogP contribution < -0.4 is 0 Å². The van der Waals surface area contributed by atoms with E-state index in [1.165, 1.54) is 25.7 Å². The smallest absolute Gasteiger partial charge is 0.163 e. The number of furan rings is 1. The van der Waals surface area contributed by atoms with Gasteiger partial charge in [-0.05, 0) is 37.6 Å². The van der Waals surface area contributed by atoms with Crippen LogP contribution in [-0.2, 0) is 0 Å². The lowest BCUT2D eigenvalue weighted by Crippen LogP contribution is -1.99. The van der Waals surface area contributed by atoms with Gasteiger partial charge in [-0.2, -0.15) is 0 Å². The van der Waals surface area contributed by atoms with Gasteiger partial charge in [0.15, 0.2) is 5.78 Å². The van der Waals surface area contributed by atoms with Crippen LogP contribution in [0, 0.1) is 6.92 Å². The summed E-state index contributed by atoms with van der Waals surface area (Å²) in [4.78, 5) is 12.7. The van der Waals surface area contributed by atoms with Crippen molar-refractivity contribution in [2.75, 3.05) is 0 Å². The van der Waals surface area contributed by atoms with Gasteiger partial charge in [0.25, 0.3) is 0 Å². The lowest BCUT2D eigenvalue weighted by molar-refractivity contribution is 0.0980. The highest BCUT2D eigenvalue weighted by Crippen LogP contribution is 2.35. The molecule has 0 fully saturated rings. The highest BCUT2D eigenvalue weighted by molar-refractivity contribution is 6.08. The zero-order valence-electron chi connectivity index (χ0n) is 16.3. The van der Waals surface area contributed by atoms with Crippen LogP contribution in [0.2, 0.25) is 0 Å². The average Bonchev–Trinajstić information content (AvgIpc) is 3.10. The summed E-state index contributed by atoms with van der Waals surface area (Å²) in [7, 11) is 0. The van der Waals surface area contributed by atoms with E-state index in [2.05, 4.69) is 6.92 Å². The van der Waals surface area contributed by atoms with Gasteiger partial charge in [-0.3, -0.25) is 4.79 Å². The Balaban J connectivity index is 1.78. The normalized spacial score (nSPS) is 11.2. The molecule has 1 N–H and O–H groups in total. The Bertz CT molecular complexity index is 921. The van der Waals surface area contributed by atoms with Crippen molar-refractivity contribution in [2.45, 2.75) is 58.8 Å². The molecule has 0 aliphatic rings. The molecule has 27 heavy (non-hydrogen) atoms. The third-order valence-corrected chi connectivity index (χ3v) is 5.04. The maximum atomic E-state index is 12.7. The molecular weight excluding hydrogens is 336 g/mol. The summed E-state index contributed by atoms with van der Waals surface area (Å²) in [6, 6.07) is 12.9. The van der Waals surface area contributed by atoms with Gasteiger partial charge in [0.05, 0.1) is 5.56 Å². The Kier molecular flexibility index (Phi) is 6.33. The van der Waals surface area contributed by atoms with E-state index in [0.717, 1.165) is 23.8 Å². The first-order valence-corrected chi connectivity index (χ1v) is 9.96. The van der Waals surface area contributed by atoms with Crippen LogP contribution in [0.1, 0.15) is 67.8 Å². The third kappa shape index (κ3) is 4.60. The van der Waals surface area contributed by atoms with E-state index < -0.39 is 0 Å². The van der Waals surface area contributed by atoms with Crippen molar-refractivity contribution in [3.05, 3.63) is 53.6 Å². The molecule has 0 aliphatic heterocycles. The Morgan fingerprint density at radius 2 is 1.78 bits per heavy atom. The van der Waals surface area contributed by atoms with E-state index in [0.29, 0.717) is 28.9 Å². The number of unbranched alkanes of at least 4 members (excludes halogenated alkanes) is 5. The number of hydrogen-bond acceptors (Lipinski definition) is 3. The first kappa shape index (κ1) is 19.2. The molecule has 142 valence electrons. The summed E-state index contributed by atoms with van der Waals surface area (Å²) in [5.74, 6) is 0.933. The molecule has 0 amide bonds. The van der Waals surface area contributed by atoms with Crippen LogP contribution >= 0.6 is 0 Å². The van der Waals surface area contributed by atoms with Crippen LogP contribution in [0.25, 0.3) is 22.3 Å². The number of rotatable bonds is 9. The summed E-state index contributed by atoms with van der Waals surface area (Å²) in [5, 5.41) is 11.0. The molecule has 0 aliphatic carbocycles. The second kappa shape index (κ2) is 8.90. The molecule has 1 heterocycles. The number of hydrogen-bond donors (Lipinski definition) is 1. The molecule has 0 saturated carbocycles. The Hall–Kier alpha value is -2.55. The average molecular weight is 364 g/mol. The number of Topliss-reactive ketones (excluding diaryl/α,β-unsaturated/α-hetero) is 1. The van der Waals surface area contributed by atoms with Gasteiger partial charge in [0.2, 0.25) is 0 Å². The number of carbonyl (C=O) groups is 1. The van der Waals surface area contributed by atoms with Crippen LogP contribution in [0.5, 0.6) is 5.75 Å². The van der Waals surface area contributed by atoms with Gasteiger partial charge in [0.1, 0.15) is 17.1 Å². The van der Waals surface area contributed by atoms with Gasteiger partial charge in [-0.15, -0.1) is 0 Å². The zero-order valence-corrected chi connectivity index (χ0v) is 16.3. The Labute approximate surface area is 161 Å². The first-order chi connectivity index (χ1) is 13.1. The van der Waals surface area contributed by atoms with Crippen molar-refractivity contribution < 1.29 is 14.3 Å². The number of benzene rings is 2. The lowest BCUT2D eigenvalue weighted by Gasteiger charge is -2.03. The number of carbonyl (C=O) groups excluding carboxylic acids is 1. The van der Waals surface area contributed by atoms with Crippen molar-refractivity contribution in [3.63, 3.8) is 0 Å². The summed E-state index contributed by atoms with van der Waals surface area (Å²) in [6.07, 6.45) is 7.58. The number of ketones is 1. The van der Waals surface area contributed by atoms with Crippen LogP contribution in [0.15, 0.2) is 46.9 Å². The summed E-state index contributed by atoms with van der Waals surface area (Å²) in [6.45, 7) is 4.18. The second-order valence-electron chi connectivity index (χ2n) is 7.29. The number of fused-ring (bicyclic) bond motifs is 1. The molecule has 3 aromatic rings. The standard InChI is InChI=1S/C24H28O3/c1-3-4-5-6-7-8-11-21(25)18-10-9-12-23-19(18)16-24(27-23)20-15-17(2)13-14-22(20)26/h9-10,12-16,26H,3-8,11H2,1-2H3. The van der Waals surface area contributed by atoms with Gasteiger partial charge in [0, 0.05) is 17.4 Å². The van der Waals surface area contributed by atoms with Crippen LogP contribution in [-0.4, -0.2) is 10.9 Å². The van der Waals surface area contributed by atoms with Crippen molar-refractivity contribution in [1.29, 1.82) is 0 Å². The zero-order chi connectivity index (χ0) is 19.2. The van der Waals surface area contributed by atoms with E-state index in [1.807, 2.05) is 43.3 Å². The molecule has 3 nitrogen and oxygen atoms in total. The van der Waals surface area contributed by atoms with E-state index in [1.54, 1.807) is 6.07 Å². The van der Waals surface area contributed by atoms with Gasteiger partial charge >= 0.3 is 0 Å². The lowest BCUT2D eigenvalue weighted by atomic mass is 10.00. The maximum absolute atomic E-state index is 12.7. The fourth-order valence-electron chi connectivity index (χ4n) is 3.48. The molecule has 0 spiro atoms. The fraction of sp³-hybridized carbons (Fsp3) is 0.375. The van der Waals surface area contributed by atoms with Gasteiger partial charge < -0.3 is 9.52 Å². The van der Waals surface area contributed by atoms with Crippen molar-refractivity contribution >= 4 is 16.8 Å². The quantitative estimate of drug-likeness (QED) is 0.327. The molecule has 0 radical (unpaired) electrons. The number of phenolic OH excluding ortho intramolecular Hbond substituents is 1. The largest absolute Gasteiger partial charge is 0.507 e. The minimum absolute atomic E-state index is 0.164. The highest BCUT2D eigenvalue weighted by Gasteiger charge is 2.16. The highest BCUT2D eigenvalue weighted by atomic mass is 16.3. The Morgan fingerprint density at radius 3 is 2.59 bits per heavy atom. The molecule has 3 rings (SSSR count). The molecular formula is C24H28O3. The SMILES string of the molecule is CCCCCCCCC(=O)c1cccc2oc(-c3cc(C)ccc3O)cc12. The maximum Gasteiger partial charge on any atom is 0.163 e. The first-order valence-electron chi connectivity index (χ1n) is 9.96. The molecule has 0 saturated heterocycles. The molecule has 1 aromatic heterocycles. The predicted octanol–water partition coefficient (Wildman–Crippen LogP) is 7.05. The van der Waals surface area contributed by atoms with E-state index >= 15 is 0 Å². The molecule has 2 aromatic carbocycles. The minimum Gasteiger partial charge on any atom is -0.507 e. The Morgan fingerprint density at radius 1 is 1.00 bits per heavy atom. The molecule has 0 atom stereocenters. The predicted molar refractivity (Wildman–Crippen MR) is 110 cm³/mol. The minimum atomic E-state index is 0.164. The molecule has 0 bridgehead atoms. The topological polar surface area (TPSA) is 50.4 Å². The molecule has 3 heteroatoms. The third-order valence-electron chi connectivity index (χ3n) is 5.04. The van der Waals surface area contributed by atoms with Crippen molar-refractivity contribution in [3.8, 4) is 17.1 Å². The van der Waals surface area contributed by atoms with E-state index in [-0.39, 0.29) is 11.5 Å². The fourth-order valence-corrected chi connectivity index (χ4v) is 3.48. The molecule has 0 unspecified atom stereocenters. The van der Waals surface area contributed by atoms with Gasteiger partial charge in [-0.25, -0.2) is 0 Å². The number of aromatic hydroxyl groups is 1. The van der Waals surface area contributed by atoms with Crippen LogP contribution in [0.4, 0.5) is 0 Å². The van der Waals surface area contributed by atoms with E-state index in [4.69, 9.17) is 4.42 Å². The van der Waals surface area contributed by atoms with Gasteiger partial charge in [-0.1, -0.05) is 62.8 Å². The van der Waals surface area contributed by atoms with E-state index in [9.17, 15) is 9.90 Å². The number of phenols is 1. The van der Waals surface area contributed by atoms with Crippen molar-refractivity contribution in [1.82, 2.24) is 0 Å². The summed E-state index contributed by atoms with van der Waals surface area (Å²) < 4.78 is 5.94. The summed E-state index contributed by atoms with van der Waals surface area (Å²) >= 11 is 0. The second-order valence-corrected chi connectivity index (χ2v) is 7.29.